The van der Waals surface area contributed by atoms with Crippen LogP contribution in [-0.2, 0) is 4.74 Å². The summed E-state index contributed by atoms with van der Waals surface area (Å²) in [5, 5.41) is 10.3. The van der Waals surface area contributed by atoms with Gasteiger partial charge in [-0.3, -0.25) is 10.2 Å². The Morgan fingerprint density at radius 1 is 1.28 bits per heavy atom. The second kappa shape index (κ2) is 8.13. The number of aryl methyl sites for hydroxylation is 1. The highest BCUT2D eigenvalue weighted by molar-refractivity contribution is 5.88. The van der Waals surface area contributed by atoms with Crippen LogP contribution in [0.5, 0.6) is 0 Å². The van der Waals surface area contributed by atoms with E-state index < -0.39 is 0 Å². The first-order chi connectivity index (χ1) is 12.1. The number of amides is 2. The van der Waals surface area contributed by atoms with Gasteiger partial charge in [-0.1, -0.05) is 18.2 Å². The number of ether oxygens (including phenoxy) is 1. The molecule has 1 atom stereocenters. The van der Waals surface area contributed by atoms with Crippen LogP contribution < -0.4 is 10.6 Å². The summed E-state index contributed by atoms with van der Waals surface area (Å²) in [6, 6.07) is 11.7. The van der Waals surface area contributed by atoms with Crippen molar-refractivity contribution in [1.82, 2.24) is 20.0 Å². The van der Waals surface area contributed by atoms with Crippen molar-refractivity contribution in [2.24, 2.45) is 0 Å². The molecule has 0 spiro atoms. The molecule has 2 N–H and O–H groups in total. The van der Waals surface area contributed by atoms with E-state index >= 15 is 0 Å². The monoisotopic (exact) mass is 343 g/mol. The molecule has 1 aliphatic heterocycles. The van der Waals surface area contributed by atoms with Crippen molar-refractivity contribution in [3.63, 3.8) is 0 Å². The molecule has 2 heterocycles. The van der Waals surface area contributed by atoms with Crippen molar-refractivity contribution in [3.05, 3.63) is 42.1 Å². The van der Waals surface area contributed by atoms with Crippen LogP contribution >= 0.6 is 0 Å². The zero-order valence-electron chi connectivity index (χ0n) is 14.7. The van der Waals surface area contributed by atoms with Gasteiger partial charge in [-0.05, 0) is 26.0 Å². The van der Waals surface area contributed by atoms with Gasteiger partial charge in [0, 0.05) is 31.7 Å². The van der Waals surface area contributed by atoms with Gasteiger partial charge in [0.2, 0.25) is 0 Å². The zero-order chi connectivity index (χ0) is 17.6. The average molecular weight is 343 g/mol. The highest BCUT2D eigenvalue weighted by Gasteiger charge is 2.18. The molecule has 0 aliphatic carbocycles. The highest BCUT2D eigenvalue weighted by atomic mass is 16.5. The molecule has 7 heteroatoms. The third kappa shape index (κ3) is 4.58. The molecule has 1 aromatic carbocycles. The Labute approximate surface area is 148 Å². The second-order valence-electron chi connectivity index (χ2n) is 6.25. The maximum absolute atomic E-state index is 12.3. The minimum absolute atomic E-state index is 0.225. The van der Waals surface area contributed by atoms with Crippen molar-refractivity contribution in [1.29, 1.82) is 0 Å². The third-order valence-electron chi connectivity index (χ3n) is 4.30. The molecule has 3 rings (SSSR count). The molecule has 134 valence electrons. The lowest BCUT2D eigenvalue weighted by molar-refractivity contribution is 0.0209. The van der Waals surface area contributed by atoms with Crippen LogP contribution in [0.4, 0.5) is 10.6 Å². The summed E-state index contributed by atoms with van der Waals surface area (Å²) in [5.74, 6) is 0.653. The van der Waals surface area contributed by atoms with Crippen molar-refractivity contribution in [3.8, 4) is 5.69 Å². The van der Waals surface area contributed by atoms with Gasteiger partial charge in [-0.25, -0.2) is 9.48 Å². The lowest BCUT2D eigenvalue weighted by Crippen LogP contribution is -2.47. The lowest BCUT2D eigenvalue weighted by Gasteiger charge is -2.32. The Hall–Kier alpha value is -2.38. The van der Waals surface area contributed by atoms with Crippen LogP contribution in [0, 0.1) is 6.92 Å². The van der Waals surface area contributed by atoms with Crippen LogP contribution in [-0.4, -0.2) is 59.6 Å². The van der Waals surface area contributed by atoms with Crippen LogP contribution in [0.1, 0.15) is 12.6 Å². The maximum atomic E-state index is 12.3. The summed E-state index contributed by atoms with van der Waals surface area (Å²) in [6.07, 6.45) is 0. The molecule has 1 fully saturated rings. The smallest absolute Gasteiger partial charge is 0.320 e. The maximum Gasteiger partial charge on any atom is 0.320 e. The topological polar surface area (TPSA) is 71.4 Å². The molecule has 1 aliphatic rings. The summed E-state index contributed by atoms with van der Waals surface area (Å²) in [7, 11) is 0. The van der Waals surface area contributed by atoms with Crippen molar-refractivity contribution in [2.45, 2.75) is 19.9 Å². The van der Waals surface area contributed by atoms with Crippen molar-refractivity contribution in [2.75, 3.05) is 38.2 Å². The fourth-order valence-electron chi connectivity index (χ4n) is 2.90. The normalized spacial score (nSPS) is 16.4. The van der Waals surface area contributed by atoms with Gasteiger partial charge in [0.1, 0.15) is 5.82 Å². The Kier molecular flexibility index (Phi) is 5.67. The van der Waals surface area contributed by atoms with E-state index in [1.165, 1.54) is 0 Å². The highest BCUT2D eigenvalue weighted by Crippen LogP contribution is 2.16. The first-order valence-corrected chi connectivity index (χ1v) is 8.62. The summed E-state index contributed by atoms with van der Waals surface area (Å²) < 4.78 is 7.10. The van der Waals surface area contributed by atoms with E-state index in [2.05, 4.69) is 27.6 Å². The predicted molar refractivity (Wildman–Crippen MR) is 97.2 cm³/mol. The van der Waals surface area contributed by atoms with E-state index in [0.717, 1.165) is 37.7 Å². The molecule has 1 aromatic heterocycles. The number of morpholine rings is 1. The molecule has 1 saturated heterocycles. The first kappa shape index (κ1) is 17.4. The van der Waals surface area contributed by atoms with Crippen LogP contribution in [0.25, 0.3) is 5.69 Å². The molecule has 0 radical (unpaired) electrons. The summed E-state index contributed by atoms with van der Waals surface area (Å²) in [6.45, 7) is 7.93. The number of anilines is 1. The van der Waals surface area contributed by atoms with E-state index in [4.69, 9.17) is 4.74 Å². The lowest BCUT2D eigenvalue weighted by atomic mass is 10.2. The largest absolute Gasteiger partial charge is 0.379 e. The van der Waals surface area contributed by atoms with Gasteiger partial charge in [-0.15, -0.1) is 0 Å². The van der Waals surface area contributed by atoms with Gasteiger partial charge in [0.05, 0.1) is 24.6 Å². The molecule has 7 nitrogen and oxygen atoms in total. The van der Waals surface area contributed by atoms with E-state index in [9.17, 15) is 4.79 Å². The van der Waals surface area contributed by atoms with Crippen molar-refractivity contribution < 1.29 is 9.53 Å². The number of rotatable bonds is 5. The number of para-hydroxylation sites is 1. The number of nitrogens with one attached hydrogen (secondary N) is 2. The number of aromatic nitrogens is 2. The molecular weight excluding hydrogens is 318 g/mol. The van der Waals surface area contributed by atoms with E-state index in [0.29, 0.717) is 12.4 Å². The fourth-order valence-corrected chi connectivity index (χ4v) is 2.90. The first-order valence-electron chi connectivity index (χ1n) is 8.62. The Morgan fingerprint density at radius 3 is 2.72 bits per heavy atom. The number of hydrogen-bond donors (Lipinski definition) is 2. The molecular formula is C18H25N5O2. The predicted octanol–water partition coefficient (Wildman–Crippen LogP) is 2.02. The van der Waals surface area contributed by atoms with Crippen LogP contribution in [0.15, 0.2) is 36.4 Å². The Bertz CT molecular complexity index is 695. The van der Waals surface area contributed by atoms with Gasteiger partial charge in [0.15, 0.2) is 0 Å². The van der Waals surface area contributed by atoms with E-state index in [1.807, 2.05) is 43.3 Å². The van der Waals surface area contributed by atoms with Gasteiger partial charge < -0.3 is 10.1 Å². The van der Waals surface area contributed by atoms with Crippen LogP contribution in [0.2, 0.25) is 0 Å². The summed E-state index contributed by atoms with van der Waals surface area (Å²) >= 11 is 0. The Balaban J connectivity index is 1.58. The number of urea groups is 1. The van der Waals surface area contributed by atoms with Gasteiger partial charge in [-0.2, -0.15) is 5.10 Å². The number of nitrogens with zero attached hydrogens (tertiary/aromatic N) is 3. The molecule has 2 amide bonds. The SMILES string of the molecule is Cc1cc(NC(=O)NCC(C)N2CCOCC2)n(-c2ccccc2)n1. The average Bonchev–Trinajstić information content (AvgIpc) is 3.01. The number of carbonyl (C=O) groups excluding carboxylic acids is 1. The van der Waals surface area contributed by atoms with Gasteiger partial charge >= 0.3 is 6.03 Å². The fraction of sp³-hybridized carbons (Fsp3) is 0.444. The van der Waals surface area contributed by atoms with Gasteiger partial charge in [0.25, 0.3) is 0 Å². The minimum atomic E-state index is -0.225. The molecule has 2 aromatic rings. The number of hydrogen-bond acceptors (Lipinski definition) is 4. The van der Waals surface area contributed by atoms with E-state index in [1.54, 1.807) is 4.68 Å². The molecule has 0 bridgehead atoms. The third-order valence-corrected chi connectivity index (χ3v) is 4.30. The summed E-state index contributed by atoms with van der Waals surface area (Å²) in [5.41, 5.74) is 1.76. The quantitative estimate of drug-likeness (QED) is 0.871. The Morgan fingerprint density at radius 2 is 2.00 bits per heavy atom. The van der Waals surface area contributed by atoms with Crippen LogP contribution in [0.3, 0.4) is 0 Å². The number of carbonyl (C=O) groups is 1. The van der Waals surface area contributed by atoms with Crippen molar-refractivity contribution >= 4 is 11.8 Å². The zero-order valence-corrected chi connectivity index (χ0v) is 14.7. The molecule has 25 heavy (non-hydrogen) atoms. The summed E-state index contributed by atoms with van der Waals surface area (Å²) in [4.78, 5) is 14.6. The number of benzene rings is 1. The molecule has 0 saturated carbocycles. The minimum Gasteiger partial charge on any atom is -0.379 e. The second-order valence-corrected chi connectivity index (χ2v) is 6.25. The standard InChI is InChI=1S/C18H25N5O2/c1-14-12-17(23(21-14)16-6-4-3-5-7-16)20-18(24)19-13-15(2)22-8-10-25-11-9-22/h3-7,12,15H,8-11,13H2,1-2H3,(H2,19,20,24). The van der Waals surface area contributed by atoms with E-state index in [-0.39, 0.29) is 12.1 Å². The molecule has 1 unspecified atom stereocenters.